The number of aromatic hydroxyl groups is 1. The summed E-state index contributed by atoms with van der Waals surface area (Å²) in [5.74, 6) is -2.44. The molecule has 0 aliphatic rings. The summed E-state index contributed by atoms with van der Waals surface area (Å²) in [6.45, 7) is 6.31. The molecule has 2 amide bonds. The Morgan fingerprint density at radius 3 is 2.00 bits per heavy atom. The van der Waals surface area contributed by atoms with Crippen molar-refractivity contribution in [2.24, 2.45) is 5.92 Å². The summed E-state index contributed by atoms with van der Waals surface area (Å²) < 4.78 is 5.50. The molecule has 0 fully saturated rings. The van der Waals surface area contributed by atoms with E-state index in [9.17, 15) is 24.6 Å². The van der Waals surface area contributed by atoms with Crippen molar-refractivity contribution in [2.75, 3.05) is 18.5 Å². The maximum Gasteiger partial charge on any atom is 0.339 e. The zero-order chi connectivity index (χ0) is 31.7. The number of ether oxygens (including phenoxy) is 1. The van der Waals surface area contributed by atoms with Gasteiger partial charge in [0.1, 0.15) is 24.0 Å². The number of carbonyl (C=O) groups is 3. The Morgan fingerprint density at radius 2 is 1.44 bits per heavy atom. The summed E-state index contributed by atoms with van der Waals surface area (Å²) in [5.41, 5.74) is -0.107. The predicted molar refractivity (Wildman–Crippen MR) is 174 cm³/mol. The zero-order valence-electron chi connectivity index (χ0n) is 26.0. The molecule has 0 heterocycles. The number of anilines is 1. The van der Waals surface area contributed by atoms with Gasteiger partial charge in [-0.05, 0) is 81.9 Å². The number of rotatable bonds is 22. The molecule has 1 atom stereocenters. The van der Waals surface area contributed by atoms with Crippen LogP contribution in [-0.2, 0) is 14.3 Å². The first-order valence-corrected chi connectivity index (χ1v) is 15.2. The molecule has 1 aromatic rings. The predicted octanol–water partition coefficient (Wildman–Crippen LogP) is 7.50. The van der Waals surface area contributed by atoms with Gasteiger partial charge in [0.15, 0.2) is 0 Å². The van der Waals surface area contributed by atoms with Gasteiger partial charge in [0.2, 0.25) is 11.8 Å². The van der Waals surface area contributed by atoms with E-state index in [1.165, 1.54) is 18.2 Å². The van der Waals surface area contributed by atoms with Crippen LogP contribution in [0.1, 0.15) is 88.9 Å². The van der Waals surface area contributed by atoms with Gasteiger partial charge in [0, 0.05) is 12.3 Å². The zero-order valence-corrected chi connectivity index (χ0v) is 26.0. The summed E-state index contributed by atoms with van der Waals surface area (Å²) >= 11 is 0. The van der Waals surface area contributed by atoms with Crippen molar-refractivity contribution in [2.45, 2.75) is 84.6 Å². The average Bonchev–Trinajstić information content (AvgIpc) is 2.96. The topological polar surface area (TPSA) is 125 Å². The van der Waals surface area contributed by atoms with Gasteiger partial charge in [0.05, 0.1) is 0 Å². The van der Waals surface area contributed by atoms with E-state index < -0.39 is 29.6 Å². The molecule has 0 spiro atoms. The molecule has 0 saturated carbocycles. The monoisotopic (exact) mass is 594 g/mol. The van der Waals surface area contributed by atoms with Crippen molar-refractivity contribution in [1.82, 2.24) is 5.32 Å². The van der Waals surface area contributed by atoms with Crippen LogP contribution in [0, 0.1) is 5.92 Å². The lowest BCUT2D eigenvalue weighted by atomic mass is 10.0. The fourth-order valence-corrected chi connectivity index (χ4v) is 3.95. The number of aromatic carboxylic acids is 1. The first-order valence-electron chi connectivity index (χ1n) is 15.2. The quantitative estimate of drug-likeness (QED) is 0.0626. The second kappa shape index (κ2) is 23.6. The lowest BCUT2D eigenvalue weighted by molar-refractivity contribution is -0.130. The number of amides is 2. The standard InChI is InChI=1S/C35H50N2O6/c1-4-5-6-7-8-9-10-11-12-13-14-15-16-17-18-19-20-21-24-43-27-33(39)37-31(25-28(2)3)34(40)36-29-22-23-32(38)30(26-29)35(41)42/h5-6,8-9,11-12,14-15,17-18,22-23,26,28,31,38H,4,7,10,13,16,19-21,24-25,27H2,1-3H3,(H,36,40)(H,37,39)(H,41,42). The van der Waals surface area contributed by atoms with Gasteiger partial charge in [-0.25, -0.2) is 4.79 Å². The van der Waals surface area contributed by atoms with Crippen LogP contribution in [0.4, 0.5) is 5.69 Å². The van der Waals surface area contributed by atoms with Crippen molar-refractivity contribution in [3.63, 3.8) is 0 Å². The van der Waals surface area contributed by atoms with Gasteiger partial charge in [-0.3, -0.25) is 9.59 Å². The summed E-state index contributed by atoms with van der Waals surface area (Å²) in [6.07, 6.45) is 29.8. The Labute approximate surface area is 257 Å². The molecule has 1 unspecified atom stereocenters. The highest BCUT2D eigenvalue weighted by Crippen LogP contribution is 2.22. The van der Waals surface area contributed by atoms with Crippen LogP contribution >= 0.6 is 0 Å². The van der Waals surface area contributed by atoms with Crippen molar-refractivity contribution in [3.05, 3.63) is 84.5 Å². The molecule has 0 radical (unpaired) electrons. The Hall–Kier alpha value is -3.91. The number of hydrogen-bond acceptors (Lipinski definition) is 5. The molecule has 236 valence electrons. The summed E-state index contributed by atoms with van der Waals surface area (Å²) in [7, 11) is 0. The third-order valence-electron chi connectivity index (χ3n) is 6.15. The number of unbranched alkanes of at least 4 members (excludes halogenated alkanes) is 2. The van der Waals surface area contributed by atoms with Crippen molar-refractivity contribution < 1.29 is 29.3 Å². The molecule has 1 rings (SSSR count). The Morgan fingerprint density at radius 1 is 0.860 bits per heavy atom. The maximum atomic E-state index is 12.8. The Bertz CT molecular complexity index is 1120. The second-order valence-corrected chi connectivity index (χ2v) is 10.5. The largest absolute Gasteiger partial charge is 0.507 e. The molecular weight excluding hydrogens is 544 g/mol. The summed E-state index contributed by atoms with van der Waals surface area (Å²) in [6, 6.07) is 2.96. The van der Waals surface area contributed by atoms with Crippen LogP contribution in [0.15, 0.2) is 79.0 Å². The minimum absolute atomic E-state index is 0.127. The average molecular weight is 595 g/mol. The number of phenols is 1. The van der Waals surface area contributed by atoms with E-state index in [0.29, 0.717) is 13.0 Å². The second-order valence-electron chi connectivity index (χ2n) is 10.5. The van der Waals surface area contributed by atoms with Gasteiger partial charge in [-0.15, -0.1) is 0 Å². The fourth-order valence-electron chi connectivity index (χ4n) is 3.95. The van der Waals surface area contributed by atoms with E-state index in [0.717, 1.165) is 51.4 Å². The molecule has 43 heavy (non-hydrogen) atoms. The molecule has 8 nitrogen and oxygen atoms in total. The molecule has 0 bridgehead atoms. The van der Waals surface area contributed by atoms with E-state index >= 15 is 0 Å². The molecule has 0 aromatic heterocycles. The van der Waals surface area contributed by atoms with Crippen molar-refractivity contribution in [1.29, 1.82) is 0 Å². The number of carboxylic acid groups (broad SMARTS) is 1. The minimum Gasteiger partial charge on any atom is -0.507 e. The fraction of sp³-hybridized carbons (Fsp3) is 0.457. The first-order chi connectivity index (χ1) is 20.7. The van der Waals surface area contributed by atoms with Gasteiger partial charge < -0.3 is 25.6 Å². The normalized spacial score (nSPS) is 12.8. The Balaban J connectivity index is 2.23. The summed E-state index contributed by atoms with van der Waals surface area (Å²) in [4.78, 5) is 36.5. The minimum atomic E-state index is -1.31. The molecule has 1 aromatic carbocycles. The third kappa shape index (κ3) is 19.0. The van der Waals surface area contributed by atoms with Gasteiger partial charge >= 0.3 is 5.97 Å². The van der Waals surface area contributed by atoms with Gasteiger partial charge in [0.25, 0.3) is 0 Å². The van der Waals surface area contributed by atoms with E-state index in [2.05, 4.69) is 78.3 Å². The van der Waals surface area contributed by atoms with Crippen molar-refractivity contribution >= 4 is 23.5 Å². The molecule has 4 N–H and O–H groups in total. The van der Waals surface area contributed by atoms with Crippen LogP contribution < -0.4 is 10.6 Å². The molecule has 0 aliphatic heterocycles. The van der Waals surface area contributed by atoms with Crippen LogP contribution in [0.25, 0.3) is 0 Å². The van der Waals surface area contributed by atoms with E-state index in [1.807, 2.05) is 13.8 Å². The molecule has 0 aliphatic carbocycles. The summed E-state index contributed by atoms with van der Waals surface area (Å²) in [5, 5.41) is 24.2. The SMILES string of the molecule is CCC=CCC=CCC=CCC=CCC=CCCCCOCC(=O)NC(CC(C)C)C(=O)Nc1ccc(O)c(C(=O)O)c1. The van der Waals surface area contributed by atoms with Crippen LogP contribution in [0.3, 0.4) is 0 Å². The van der Waals surface area contributed by atoms with Gasteiger partial charge in [-0.2, -0.15) is 0 Å². The highest BCUT2D eigenvalue weighted by atomic mass is 16.5. The number of nitrogens with one attached hydrogen (secondary N) is 2. The van der Waals surface area contributed by atoms with Crippen LogP contribution in [-0.4, -0.2) is 47.3 Å². The van der Waals surface area contributed by atoms with E-state index in [1.54, 1.807) is 0 Å². The maximum absolute atomic E-state index is 12.8. The number of allylic oxidation sites excluding steroid dienone is 10. The lowest BCUT2D eigenvalue weighted by Crippen LogP contribution is -2.45. The third-order valence-corrected chi connectivity index (χ3v) is 6.15. The first kappa shape index (κ1) is 37.1. The van der Waals surface area contributed by atoms with Gasteiger partial charge in [-0.1, -0.05) is 81.5 Å². The molecular formula is C35H50N2O6. The van der Waals surface area contributed by atoms with Crippen LogP contribution in [0.2, 0.25) is 0 Å². The van der Waals surface area contributed by atoms with Crippen molar-refractivity contribution in [3.8, 4) is 5.75 Å². The smallest absolute Gasteiger partial charge is 0.339 e. The highest BCUT2D eigenvalue weighted by Gasteiger charge is 2.23. The lowest BCUT2D eigenvalue weighted by Gasteiger charge is -2.20. The molecule has 0 saturated heterocycles. The number of hydrogen-bond donors (Lipinski definition) is 4. The van der Waals surface area contributed by atoms with Crippen LogP contribution in [0.5, 0.6) is 5.75 Å². The number of carboxylic acids is 1. The number of carbonyl (C=O) groups excluding carboxylic acids is 2. The van der Waals surface area contributed by atoms with E-state index in [-0.39, 0.29) is 23.8 Å². The molecule has 8 heteroatoms. The van der Waals surface area contributed by atoms with E-state index in [4.69, 9.17) is 4.74 Å². The number of benzene rings is 1. The Kier molecular flexibility index (Phi) is 20.4. The highest BCUT2D eigenvalue weighted by molar-refractivity contribution is 5.99.